The Balaban J connectivity index is 0.00000312. The van der Waals surface area contributed by atoms with Crippen molar-refractivity contribution in [3.8, 4) is 0 Å². The zero-order chi connectivity index (χ0) is 17.8. The van der Waals surface area contributed by atoms with Crippen LogP contribution < -0.4 is 10.0 Å². The zero-order valence-corrected chi connectivity index (χ0v) is 16.9. The molecule has 0 aliphatic carbocycles. The molecule has 0 atom stereocenters. The van der Waals surface area contributed by atoms with E-state index in [1.54, 1.807) is 13.8 Å². The minimum atomic E-state index is -3.74. The van der Waals surface area contributed by atoms with E-state index in [1.807, 2.05) is 0 Å². The molecule has 1 aliphatic heterocycles. The van der Waals surface area contributed by atoms with Gasteiger partial charge in [-0.15, -0.1) is 12.4 Å². The second-order valence-electron chi connectivity index (χ2n) is 5.71. The molecule has 0 unspecified atom stereocenters. The second kappa shape index (κ2) is 9.29. The van der Waals surface area contributed by atoms with Gasteiger partial charge in [-0.3, -0.25) is 0 Å². The first-order valence-electron chi connectivity index (χ1n) is 8.14. The van der Waals surface area contributed by atoms with Crippen LogP contribution in [-0.4, -0.2) is 53.4 Å². The summed E-state index contributed by atoms with van der Waals surface area (Å²) in [6.07, 6.45) is 1.44. The first kappa shape index (κ1) is 22.3. The van der Waals surface area contributed by atoms with Gasteiger partial charge in [-0.25, -0.2) is 21.6 Å². The molecule has 0 amide bonds. The average molecular weight is 412 g/mol. The topological polar surface area (TPSA) is 95.6 Å². The third kappa shape index (κ3) is 5.38. The molecule has 1 fully saturated rings. The van der Waals surface area contributed by atoms with E-state index in [0.29, 0.717) is 13.1 Å². The van der Waals surface area contributed by atoms with Crippen molar-refractivity contribution in [2.45, 2.75) is 42.5 Å². The smallest absolute Gasteiger partial charge is 0.243 e. The van der Waals surface area contributed by atoms with Crippen LogP contribution in [-0.2, 0) is 20.0 Å². The molecule has 0 radical (unpaired) electrons. The van der Waals surface area contributed by atoms with E-state index in [0.717, 1.165) is 25.9 Å². The molecule has 1 heterocycles. The van der Waals surface area contributed by atoms with Gasteiger partial charge in [0.05, 0.1) is 9.79 Å². The quantitative estimate of drug-likeness (QED) is 0.702. The molecule has 1 aliphatic rings. The van der Waals surface area contributed by atoms with E-state index in [-0.39, 0.29) is 28.2 Å². The van der Waals surface area contributed by atoms with Gasteiger partial charge in [0.2, 0.25) is 20.0 Å². The highest BCUT2D eigenvalue weighted by Crippen LogP contribution is 2.20. The van der Waals surface area contributed by atoms with Gasteiger partial charge in [-0.05, 0) is 44.1 Å². The zero-order valence-electron chi connectivity index (χ0n) is 14.4. The normalized spacial score (nSPS) is 16.6. The number of piperidine rings is 1. The lowest BCUT2D eigenvalue weighted by molar-refractivity contribution is 0.427. The maximum Gasteiger partial charge on any atom is 0.243 e. The van der Waals surface area contributed by atoms with Crippen LogP contribution in [0.5, 0.6) is 0 Å². The third-order valence-corrected chi connectivity index (χ3v) is 7.68. The summed E-state index contributed by atoms with van der Waals surface area (Å²) in [6, 6.07) is 5.42. The molecule has 2 rings (SSSR count). The van der Waals surface area contributed by atoms with Crippen molar-refractivity contribution in [3.63, 3.8) is 0 Å². The number of rotatable bonds is 7. The Kier molecular flexibility index (Phi) is 8.30. The Bertz CT molecular complexity index is 759. The molecule has 25 heavy (non-hydrogen) atoms. The summed E-state index contributed by atoms with van der Waals surface area (Å²) in [4.78, 5) is -0.0198. The summed E-state index contributed by atoms with van der Waals surface area (Å²) in [6.45, 7) is 5.71. The van der Waals surface area contributed by atoms with Gasteiger partial charge in [0, 0.05) is 19.1 Å². The molecular formula is C15H26ClN3O4S2. The van der Waals surface area contributed by atoms with Crippen LogP contribution in [0.2, 0.25) is 0 Å². The van der Waals surface area contributed by atoms with Crippen LogP contribution in [0, 0.1) is 0 Å². The van der Waals surface area contributed by atoms with Crippen molar-refractivity contribution < 1.29 is 16.8 Å². The van der Waals surface area contributed by atoms with Gasteiger partial charge in [0.25, 0.3) is 0 Å². The van der Waals surface area contributed by atoms with Gasteiger partial charge >= 0.3 is 0 Å². The van der Waals surface area contributed by atoms with E-state index in [4.69, 9.17) is 0 Å². The minimum Gasteiger partial charge on any atom is -0.317 e. The molecule has 10 heteroatoms. The van der Waals surface area contributed by atoms with Crippen LogP contribution >= 0.6 is 12.4 Å². The summed E-state index contributed by atoms with van der Waals surface area (Å²) >= 11 is 0. The van der Waals surface area contributed by atoms with E-state index >= 15 is 0 Å². The van der Waals surface area contributed by atoms with E-state index < -0.39 is 20.0 Å². The highest BCUT2D eigenvalue weighted by molar-refractivity contribution is 7.90. The monoisotopic (exact) mass is 411 g/mol. The summed E-state index contributed by atoms with van der Waals surface area (Å²) in [5.41, 5.74) is 0. The first-order valence-corrected chi connectivity index (χ1v) is 11.1. The maximum absolute atomic E-state index is 12.6. The lowest BCUT2D eigenvalue weighted by atomic mass is 10.1. The highest BCUT2D eigenvalue weighted by atomic mass is 35.5. The van der Waals surface area contributed by atoms with Gasteiger partial charge in [0.15, 0.2) is 0 Å². The van der Waals surface area contributed by atoms with Crippen LogP contribution in [0.3, 0.4) is 0 Å². The number of nitrogens with zero attached hydrogens (tertiary/aromatic N) is 1. The highest BCUT2D eigenvalue weighted by Gasteiger charge is 2.26. The molecule has 2 N–H and O–H groups in total. The molecule has 1 saturated heterocycles. The molecule has 1 aromatic carbocycles. The number of nitrogens with one attached hydrogen (secondary N) is 2. The molecule has 0 saturated carbocycles. The lowest BCUT2D eigenvalue weighted by Crippen LogP contribution is -2.42. The molecule has 7 nitrogen and oxygen atoms in total. The summed E-state index contributed by atoms with van der Waals surface area (Å²) in [5, 5.41) is 3.17. The summed E-state index contributed by atoms with van der Waals surface area (Å²) in [7, 11) is -7.43. The first-order chi connectivity index (χ1) is 11.3. The molecule has 144 valence electrons. The Morgan fingerprint density at radius 3 is 2.20 bits per heavy atom. The van der Waals surface area contributed by atoms with Gasteiger partial charge in [-0.2, -0.15) is 4.31 Å². The Morgan fingerprint density at radius 1 is 1.08 bits per heavy atom. The SMILES string of the molecule is CCN(CC)S(=O)(=O)c1cccc(S(=O)(=O)NC2CCNCC2)c1.Cl. The van der Waals surface area contributed by atoms with Crippen LogP contribution in [0.4, 0.5) is 0 Å². The molecular weight excluding hydrogens is 386 g/mol. The van der Waals surface area contributed by atoms with Gasteiger partial charge < -0.3 is 5.32 Å². The minimum absolute atomic E-state index is 0. The van der Waals surface area contributed by atoms with Crippen molar-refractivity contribution in [1.29, 1.82) is 0 Å². The van der Waals surface area contributed by atoms with Crippen LogP contribution in [0.25, 0.3) is 0 Å². The van der Waals surface area contributed by atoms with Crippen molar-refractivity contribution in [1.82, 2.24) is 14.3 Å². The number of sulfonamides is 2. The lowest BCUT2D eigenvalue weighted by Gasteiger charge is -2.23. The van der Waals surface area contributed by atoms with Crippen LogP contribution in [0.1, 0.15) is 26.7 Å². The largest absolute Gasteiger partial charge is 0.317 e. The van der Waals surface area contributed by atoms with Crippen molar-refractivity contribution in [2.75, 3.05) is 26.2 Å². The average Bonchev–Trinajstić information content (AvgIpc) is 2.56. The molecule has 0 spiro atoms. The predicted molar refractivity (Wildman–Crippen MR) is 100 cm³/mol. The molecule has 0 bridgehead atoms. The van der Waals surface area contributed by atoms with E-state index in [1.165, 1.54) is 28.6 Å². The Hall–Kier alpha value is -0.710. The van der Waals surface area contributed by atoms with Crippen molar-refractivity contribution in [2.24, 2.45) is 0 Å². The Labute approximate surface area is 156 Å². The number of hydrogen-bond donors (Lipinski definition) is 2. The van der Waals surface area contributed by atoms with Crippen LogP contribution in [0.15, 0.2) is 34.1 Å². The van der Waals surface area contributed by atoms with Crippen molar-refractivity contribution in [3.05, 3.63) is 24.3 Å². The van der Waals surface area contributed by atoms with Gasteiger partial charge in [0.1, 0.15) is 0 Å². The fraction of sp³-hybridized carbons (Fsp3) is 0.600. The second-order valence-corrected chi connectivity index (χ2v) is 9.36. The molecule has 1 aromatic rings. The predicted octanol–water partition coefficient (Wildman–Crippen LogP) is 1.17. The van der Waals surface area contributed by atoms with E-state index in [2.05, 4.69) is 10.0 Å². The standard InChI is InChI=1S/C15H25N3O4S2.ClH/c1-3-18(4-2)24(21,22)15-7-5-6-14(12-15)23(19,20)17-13-8-10-16-11-9-13;/h5-7,12-13,16-17H,3-4,8-11H2,1-2H3;1H. The maximum atomic E-state index is 12.6. The van der Waals surface area contributed by atoms with E-state index in [9.17, 15) is 16.8 Å². The fourth-order valence-corrected chi connectivity index (χ4v) is 5.67. The van der Waals surface area contributed by atoms with Gasteiger partial charge in [-0.1, -0.05) is 19.9 Å². The fourth-order valence-electron chi connectivity index (χ4n) is 2.74. The molecule has 0 aromatic heterocycles. The number of hydrogen-bond acceptors (Lipinski definition) is 5. The third-order valence-electron chi connectivity index (χ3n) is 4.12. The summed E-state index contributed by atoms with van der Waals surface area (Å²) in [5.74, 6) is 0. The number of benzene rings is 1. The van der Waals surface area contributed by atoms with Crippen molar-refractivity contribution >= 4 is 32.5 Å². The Morgan fingerprint density at radius 2 is 1.64 bits per heavy atom. The number of halogens is 1. The summed E-state index contributed by atoms with van der Waals surface area (Å²) < 4.78 is 54.2.